The van der Waals surface area contributed by atoms with Crippen LogP contribution in [0.1, 0.15) is 25.5 Å². The van der Waals surface area contributed by atoms with Crippen LogP contribution in [0.3, 0.4) is 0 Å². The molecule has 0 bridgehead atoms. The van der Waals surface area contributed by atoms with Gasteiger partial charge in [0.1, 0.15) is 5.75 Å². The Kier molecular flexibility index (Phi) is 8.85. The minimum Gasteiger partial charge on any atom is -0.497 e. The second-order valence-electron chi connectivity index (χ2n) is 9.04. The average molecular weight is 522 g/mol. The highest BCUT2D eigenvalue weighted by atomic mass is 16.5. The Bertz CT molecular complexity index is 1180. The van der Waals surface area contributed by atoms with Gasteiger partial charge in [-0.05, 0) is 43.7 Å². The first-order valence-electron chi connectivity index (χ1n) is 12.9. The second kappa shape index (κ2) is 12.5. The van der Waals surface area contributed by atoms with E-state index in [0.717, 1.165) is 11.3 Å². The van der Waals surface area contributed by atoms with E-state index in [4.69, 9.17) is 9.47 Å². The highest BCUT2D eigenvalue weighted by Crippen LogP contribution is 2.33. The summed E-state index contributed by atoms with van der Waals surface area (Å²) in [7, 11) is 1.57. The highest BCUT2D eigenvalue weighted by Gasteiger charge is 2.38. The smallest absolute Gasteiger partial charge is 0.338 e. The van der Waals surface area contributed by atoms with Crippen molar-refractivity contribution in [2.24, 2.45) is 0 Å². The van der Waals surface area contributed by atoms with E-state index in [9.17, 15) is 14.4 Å². The first-order valence-corrected chi connectivity index (χ1v) is 12.9. The van der Waals surface area contributed by atoms with Crippen LogP contribution in [0.15, 0.2) is 65.9 Å². The number of rotatable bonds is 8. The summed E-state index contributed by atoms with van der Waals surface area (Å²) in [6.07, 6.45) is 0. The molecule has 1 fully saturated rings. The maximum atomic E-state index is 13.3. The van der Waals surface area contributed by atoms with Gasteiger partial charge < -0.3 is 25.0 Å². The quantitative estimate of drug-likeness (QED) is 0.516. The molecule has 2 aromatic carbocycles. The van der Waals surface area contributed by atoms with Crippen molar-refractivity contribution in [3.63, 3.8) is 0 Å². The lowest BCUT2D eigenvalue weighted by molar-refractivity contribution is -0.139. The molecule has 2 aliphatic rings. The molecule has 2 aliphatic heterocycles. The van der Waals surface area contributed by atoms with Crippen LogP contribution in [-0.4, -0.2) is 85.7 Å². The van der Waals surface area contributed by atoms with Gasteiger partial charge >= 0.3 is 18.0 Å². The van der Waals surface area contributed by atoms with Crippen molar-refractivity contribution in [3.05, 3.63) is 71.4 Å². The van der Waals surface area contributed by atoms with Crippen molar-refractivity contribution in [1.29, 1.82) is 0 Å². The van der Waals surface area contributed by atoms with E-state index in [-0.39, 0.29) is 18.7 Å². The van der Waals surface area contributed by atoms with Crippen LogP contribution in [0.5, 0.6) is 5.75 Å². The fourth-order valence-corrected chi connectivity index (χ4v) is 4.77. The largest absolute Gasteiger partial charge is 0.497 e. The molecule has 0 aliphatic carbocycles. The minimum atomic E-state index is -0.674. The Hall–Kier alpha value is -4.05. The zero-order valence-electron chi connectivity index (χ0n) is 22.1. The molecule has 202 valence electrons. The summed E-state index contributed by atoms with van der Waals surface area (Å²) in [6, 6.07) is 15.6. The third kappa shape index (κ3) is 6.08. The Morgan fingerprint density at radius 3 is 2.42 bits per heavy atom. The third-order valence-corrected chi connectivity index (χ3v) is 6.73. The highest BCUT2D eigenvalue weighted by molar-refractivity contribution is 5.95. The Morgan fingerprint density at radius 1 is 1.03 bits per heavy atom. The Labute approximate surface area is 223 Å². The lowest BCUT2D eigenvalue weighted by Gasteiger charge is -2.40. The Balaban J connectivity index is 1.56. The molecular weight excluding hydrogens is 486 g/mol. The monoisotopic (exact) mass is 521 g/mol. The van der Waals surface area contributed by atoms with Crippen LogP contribution < -0.4 is 15.4 Å². The zero-order valence-corrected chi connectivity index (χ0v) is 22.1. The summed E-state index contributed by atoms with van der Waals surface area (Å²) in [6.45, 7) is 6.89. The number of nitrogens with one attached hydrogen (secondary N) is 2. The number of carbonyl (C=O) groups excluding carboxylic acids is 3. The minimum absolute atomic E-state index is 0.146. The third-order valence-electron chi connectivity index (χ3n) is 6.73. The van der Waals surface area contributed by atoms with E-state index in [2.05, 4.69) is 15.5 Å². The maximum Gasteiger partial charge on any atom is 0.338 e. The van der Waals surface area contributed by atoms with Gasteiger partial charge in [0.15, 0.2) is 0 Å². The lowest BCUT2D eigenvalue weighted by atomic mass is 9.94. The van der Waals surface area contributed by atoms with Gasteiger partial charge in [-0.15, -0.1) is 0 Å². The number of esters is 1. The summed E-state index contributed by atoms with van der Waals surface area (Å²) in [4.78, 5) is 44.7. The van der Waals surface area contributed by atoms with Crippen molar-refractivity contribution in [2.75, 3.05) is 58.3 Å². The number of carbonyl (C=O) groups is 3. The van der Waals surface area contributed by atoms with Gasteiger partial charge in [-0.1, -0.05) is 30.3 Å². The molecule has 2 heterocycles. The average Bonchev–Trinajstić information content (AvgIpc) is 2.94. The number of nitrogens with zero attached hydrogens (tertiary/aromatic N) is 3. The van der Waals surface area contributed by atoms with Crippen molar-refractivity contribution < 1.29 is 23.9 Å². The molecule has 38 heavy (non-hydrogen) atoms. The predicted molar refractivity (Wildman–Crippen MR) is 144 cm³/mol. The maximum absolute atomic E-state index is 13.3. The number of piperazine rings is 1. The van der Waals surface area contributed by atoms with Gasteiger partial charge in [0.25, 0.3) is 0 Å². The van der Waals surface area contributed by atoms with Gasteiger partial charge in [-0.2, -0.15) is 0 Å². The fourth-order valence-electron chi connectivity index (χ4n) is 4.77. The van der Waals surface area contributed by atoms with Crippen LogP contribution in [0.25, 0.3) is 0 Å². The van der Waals surface area contributed by atoms with E-state index in [1.807, 2.05) is 61.5 Å². The van der Waals surface area contributed by atoms with E-state index < -0.39 is 12.0 Å². The van der Waals surface area contributed by atoms with Crippen LogP contribution in [0.2, 0.25) is 0 Å². The van der Waals surface area contributed by atoms with Crippen LogP contribution >= 0.6 is 0 Å². The van der Waals surface area contributed by atoms with Crippen molar-refractivity contribution in [3.8, 4) is 5.75 Å². The molecule has 10 heteroatoms. The first kappa shape index (κ1) is 27.0. The van der Waals surface area contributed by atoms with Crippen molar-refractivity contribution >= 4 is 23.7 Å². The van der Waals surface area contributed by atoms with Crippen LogP contribution in [0.4, 0.5) is 15.3 Å². The van der Waals surface area contributed by atoms with Crippen LogP contribution in [0, 0.1) is 0 Å². The summed E-state index contributed by atoms with van der Waals surface area (Å²) in [5.74, 6) is 0.166. The SMILES string of the molecule is CCOC(=O)C1=C(CN2CCN(C(=O)Nc3ccccc3)CC2)N(CC)C(=O)NC1c1cccc(OC)c1. The molecular formula is C28H35N5O5. The number of hydrogen-bond acceptors (Lipinski definition) is 6. The Morgan fingerprint density at radius 2 is 1.76 bits per heavy atom. The van der Waals surface area contributed by atoms with Gasteiger partial charge in [-0.25, -0.2) is 14.4 Å². The summed E-state index contributed by atoms with van der Waals surface area (Å²) in [5, 5.41) is 5.91. The van der Waals surface area contributed by atoms with Crippen molar-refractivity contribution in [2.45, 2.75) is 19.9 Å². The topological polar surface area (TPSA) is 103 Å². The van der Waals surface area contributed by atoms with Crippen molar-refractivity contribution in [1.82, 2.24) is 20.0 Å². The van der Waals surface area contributed by atoms with E-state index in [1.165, 1.54) is 0 Å². The van der Waals surface area contributed by atoms with E-state index >= 15 is 0 Å². The fraction of sp³-hybridized carbons (Fsp3) is 0.393. The molecule has 2 aromatic rings. The molecule has 1 unspecified atom stereocenters. The number of hydrogen-bond donors (Lipinski definition) is 2. The van der Waals surface area contributed by atoms with E-state index in [0.29, 0.717) is 56.3 Å². The molecule has 4 rings (SSSR count). The normalized spacial score (nSPS) is 18.2. The van der Waals surface area contributed by atoms with Gasteiger partial charge in [0.05, 0.1) is 25.3 Å². The molecule has 0 spiro atoms. The standard InChI is InChI=1S/C28H35N5O5/c1-4-33-23(19-31-14-16-32(17-15-31)27(35)29-21-11-7-6-8-12-21)24(26(34)38-5-2)25(30-28(33)36)20-10-9-13-22(18-20)37-3/h6-13,18,25H,4-5,14-17,19H2,1-3H3,(H,29,35)(H,30,36). The molecule has 0 aromatic heterocycles. The molecule has 0 saturated carbocycles. The predicted octanol–water partition coefficient (Wildman–Crippen LogP) is 3.45. The molecule has 10 nitrogen and oxygen atoms in total. The lowest BCUT2D eigenvalue weighted by Crippen LogP contribution is -2.54. The van der Waals surface area contributed by atoms with E-state index in [1.54, 1.807) is 23.8 Å². The number of benzene rings is 2. The number of methoxy groups -OCH3 is 1. The van der Waals surface area contributed by atoms with Crippen LogP contribution in [-0.2, 0) is 9.53 Å². The second-order valence-corrected chi connectivity index (χ2v) is 9.04. The number of para-hydroxylation sites is 1. The number of amides is 4. The first-order chi connectivity index (χ1) is 18.4. The summed E-state index contributed by atoms with van der Waals surface area (Å²) in [5.41, 5.74) is 2.51. The number of urea groups is 2. The number of likely N-dealkylation sites (N-methyl/N-ethyl adjacent to an activating group) is 1. The molecule has 4 amide bonds. The molecule has 2 N–H and O–H groups in total. The van der Waals surface area contributed by atoms with Gasteiger partial charge in [-0.3, -0.25) is 9.80 Å². The molecule has 0 radical (unpaired) electrons. The number of ether oxygens (including phenoxy) is 2. The summed E-state index contributed by atoms with van der Waals surface area (Å²) >= 11 is 0. The summed E-state index contributed by atoms with van der Waals surface area (Å²) < 4.78 is 10.8. The zero-order chi connectivity index (χ0) is 27.1. The van der Waals surface area contributed by atoms with Gasteiger partial charge in [0.2, 0.25) is 0 Å². The molecule has 1 saturated heterocycles. The molecule has 1 atom stereocenters. The number of anilines is 1. The van der Waals surface area contributed by atoms with Gasteiger partial charge in [0, 0.05) is 50.7 Å².